The zero-order valence-corrected chi connectivity index (χ0v) is 19.6. The first-order valence-corrected chi connectivity index (χ1v) is 11.3. The van der Waals surface area contributed by atoms with Crippen LogP contribution in [0, 0.1) is 12.7 Å². The van der Waals surface area contributed by atoms with Crippen LogP contribution in [0.2, 0.25) is 0 Å². The Labute approximate surface area is 201 Å². The van der Waals surface area contributed by atoms with Crippen LogP contribution in [0.1, 0.15) is 45.8 Å². The van der Waals surface area contributed by atoms with Crippen LogP contribution in [-0.2, 0) is 6.54 Å². The molecule has 0 saturated heterocycles. The van der Waals surface area contributed by atoms with E-state index in [9.17, 15) is 14.0 Å². The monoisotopic (exact) mass is 473 g/mol. The lowest BCUT2D eigenvalue weighted by atomic mass is 9.97. The molecule has 1 atom stereocenters. The maximum atomic E-state index is 13.7. The summed E-state index contributed by atoms with van der Waals surface area (Å²) in [6.07, 6.45) is 0. The Hall–Kier alpha value is -4.13. The fourth-order valence-electron chi connectivity index (χ4n) is 4.56. The van der Waals surface area contributed by atoms with Crippen molar-refractivity contribution in [2.45, 2.75) is 26.4 Å². The molecule has 0 N–H and O–H groups in total. The molecule has 1 amide bonds. The molecule has 2 heterocycles. The molecule has 35 heavy (non-hydrogen) atoms. The number of amides is 1. The zero-order chi connectivity index (χ0) is 24.7. The zero-order valence-electron chi connectivity index (χ0n) is 19.6. The summed E-state index contributed by atoms with van der Waals surface area (Å²) in [6.45, 7) is 4.40. The third-order valence-electron chi connectivity index (χ3n) is 6.19. The van der Waals surface area contributed by atoms with Gasteiger partial charge in [-0.1, -0.05) is 29.8 Å². The van der Waals surface area contributed by atoms with Crippen LogP contribution in [0.4, 0.5) is 4.39 Å². The molecule has 0 radical (unpaired) electrons. The van der Waals surface area contributed by atoms with E-state index in [0.717, 1.165) is 11.1 Å². The molecule has 1 unspecified atom stereocenters. The summed E-state index contributed by atoms with van der Waals surface area (Å²) in [5.74, 6) is 0.312. The summed E-state index contributed by atoms with van der Waals surface area (Å²) >= 11 is 0. The summed E-state index contributed by atoms with van der Waals surface area (Å²) in [5, 5.41) is 0.420. The minimum Gasteiger partial charge on any atom is -0.493 e. The van der Waals surface area contributed by atoms with Crippen molar-refractivity contribution in [3.05, 3.63) is 105 Å². The summed E-state index contributed by atoms with van der Waals surface area (Å²) in [7, 11) is 1.54. The van der Waals surface area contributed by atoms with E-state index < -0.39 is 11.9 Å². The average molecular weight is 474 g/mol. The SMILES string of the molecule is CCOc1ccc(C2c3c(oc4ccc(C)cc4c3=O)C(=O)N2Cc2ccc(F)cc2)cc1OC. The first-order chi connectivity index (χ1) is 16.9. The molecule has 1 aromatic heterocycles. The van der Waals surface area contributed by atoms with Gasteiger partial charge in [0.2, 0.25) is 5.76 Å². The largest absolute Gasteiger partial charge is 0.493 e. The molecule has 0 fully saturated rings. The number of hydrogen-bond acceptors (Lipinski definition) is 5. The highest BCUT2D eigenvalue weighted by atomic mass is 19.1. The fourth-order valence-corrected chi connectivity index (χ4v) is 4.56. The van der Waals surface area contributed by atoms with Gasteiger partial charge < -0.3 is 18.8 Å². The number of halogens is 1. The van der Waals surface area contributed by atoms with Crippen molar-refractivity contribution in [1.82, 2.24) is 4.90 Å². The lowest BCUT2D eigenvalue weighted by molar-refractivity contribution is 0.0714. The summed E-state index contributed by atoms with van der Waals surface area (Å²) in [5.41, 5.74) is 2.71. The average Bonchev–Trinajstić information content (AvgIpc) is 3.13. The van der Waals surface area contributed by atoms with Crippen LogP contribution >= 0.6 is 0 Å². The molecule has 1 aliphatic heterocycles. The van der Waals surface area contributed by atoms with Gasteiger partial charge in [-0.3, -0.25) is 9.59 Å². The van der Waals surface area contributed by atoms with Gasteiger partial charge in [-0.25, -0.2) is 4.39 Å². The van der Waals surface area contributed by atoms with Gasteiger partial charge in [0.05, 0.1) is 30.7 Å². The highest BCUT2D eigenvalue weighted by Gasteiger charge is 2.43. The van der Waals surface area contributed by atoms with E-state index in [-0.39, 0.29) is 29.1 Å². The maximum Gasteiger partial charge on any atom is 0.291 e. The minimum absolute atomic E-state index is 0.0197. The number of methoxy groups -OCH3 is 1. The number of carbonyl (C=O) groups is 1. The van der Waals surface area contributed by atoms with Crippen molar-refractivity contribution in [3.63, 3.8) is 0 Å². The van der Waals surface area contributed by atoms with Crippen molar-refractivity contribution in [2.75, 3.05) is 13.7 Å². The lowest BCUT2D eigenvalue weighted by Crippen LogP contribution is -2.29. The van der Waals surface area contributed by atoms with Crippen LogP contribution in [0.3, 0.4) is 0 Å². The molecule has 5 rings (SSSR count). The van der Waals surface area contributed by atoms with Crippen LogP contribution in [0.15, 0.2) is 69.9 Å². The predicted molar refractivity (Wildman–Crippen MR) is 130 cm³/mol. The number of fused-ring (bicyclic) bond motifs is 2. The molecule has 6 nitrogen and oxygen atoms in total. The Kier molecular flexibility index (Phi) is 5.76. The quantitative estimate of drug-likeness (QED) is 0.375. The Bertz CT molecular complexity index is 1490. The number of aryl methyl sites for hydroxylation is 1. The van der Waals surface area contributed by atoms with Gasteiger partial charge in [-0.2, -0.15) is 0 Å². The van der Waals surface area contributed by atoms with Gasteiger partial charge in [0.1, 0.15) is 11.4 Å². The number of nitrogens with zero attached hydrogens (tertiary/aromatic N) is 1. The Morgan fingerprint density at radius 3 is 2.49 bits per heavy atom. The molecule has 0 spiro atoms. The van der Waals surface area contributed by atoms with Crippen molar-refractivity contribution < 1.29 is 23.1 Å². The molecular weight excluding hydrogens is 449 g/mol. The summed E-state index contributed by atoms with van der Waals surface area (Å²) in [4.78, 5) is 28.9. The van der Waals surface area contributed by atoms with E-state index in [1.54, 1.807) is 41.3 Å². The summed E-state index contributed by atoms with van der Waals surface area (Å²) in [6, 6.07) is 15.9. The van der Waals surface area contributed by atoms with E-state index in [2.05, 4.69) is 0 Å². The van der Waals surface area contributed by atoms with E-state index in [1.807, 2.05) is 26.0 Å². The van der Waals surface area contributed by atoms with E-state index in [4.69, 9.17) is 13.9 Å². The van der Waals surface area contributed by atoms with Gasteiger partial charge in [0, 0.05) is 6.54 Å². The normalized spacial score (nSPS) is 14.9. The van der Waals surface area contributed by atoms with Crippen LogP contribution in [-0.4, -0.2) is 24.5 Å². The Balaban J connectivity index is 1.71. The highest BCUT2D eigenvalue weighted by molar-refractivity contribution is 5.99. The van der Waals surface area contributed by atoms with Gasteiger partial charge in [0.25, 0.3) is 5.91 Å². The number of rotatable bonds is 6. The molecule has 3 aromatic carbocycles. The second-order valence-electron chi connectivity index (χ2n) is 8.48. The summed E-state index contributed by atoms with van der Waals surface area (Å²) < 4.78 is 30.7. The number of carbonyl (C=O) groups excluding carboxylic acids is 1. The fraction of sp³-hybridized carbons (Fsp3) is 0.214. The molecule has 4 aromatic rings. The highest BCUT2D eigenvalue weighted by Crippen LogP contribution is 2.41. The molecular formula is C28H24FNO5. The number of benzene rings is 3. The standard InChI is InChI=1S/C28H24FNO5/c1-4-34-22-12-8-18(14-23(22)33-3)25-24-26(31)20-13-16(2)5-11-21(20)35-27(24)28(32)30(25)15-17-6-9-19(29)10-7-17/h5-14,25H,4,15H2,1-3H3. The van der Waals surface area contributed by atoms with Gasteiger partial charge in [-0.05, 0) is 61.4 Å². The van der Waals surface area contributed by atoms with Gasteiger partial charge in [0.15, 0.2) is 16.9 Å². The van der Waals surface area contributed by atoms with Gasteiger partial charge in [-0.15, -0.1) is 0 Å². The lowest BCUT2D eigenvalue weighted by Gasteiger charge is -2.26. The Morgan fingerprint density at radius 1 is 1.00 bits per heavy atom. The maximum absolute atomic E-state index is 13.7. The van der Waals surface area contributed by atoms with E-state index >= 15 is 0 Å². The first kappa shape index (κ1) is 22.7. The first-order valence-electron chi connectivity index (χ1n) is 11.3. The topological polar surface area (TPSA) is 69.0 Å². The second-order valence-corrected chi connectivity index (χ2v) is 8.48. The number of ether oxygens (including phenoxy) is 2. The van der Waals surface area contributed by atoms with Crippen LogP contribution < -0.4 is 14.9 Å². The second kappa shape index (κ2) is 8.91. The van der Waals surface area contributed by atoms with Gasteiger partial charge >= 0.3 is 0 Å². The predicted octanol–water partition coefficient (Wildman–Crippen LogP) is 5.39. The van der Waals surface area contributed by atoms with Crippen molar-refractivity contribution >= 4 is 16.9 Å². The third-order valence-corrected chi connectivity index (χ3v) is 6.19. The van der Waals surface area contributed by atoms with E-state index in [0.29, 0.717) is 34.6 Å². The molecule has 0 bridgehead atoms. The molecule has 7 heteroatoms. The van der Waals surface area contributed by atoms with Crippen molar-refractivity contribution in [3.8, 4) is 11.5 Å². The van der Waals surface area contributed by atoms with Crippen LogP contribution in [0.25, 0.3) is 11.0 Å². The molecule has 0 aliphatic carbocycles. The molecule has 178 valence electrons. The van der Waals surface area contributed by atoms with Crippen LogP contribution in [0.5, 0.6) is 11.5 Å². The van der Waals surface area contributed by atoms with Crippen molar-refractivity contribution in [2.24, 2.45) is 0 Å². The smallest absolute Gasteiger partial charge is 0.291 e. The van der Waals surface area contributed by atoms with Crippen molar-refractivity contribution in [1.29, 1.82) is 0 Å². The third kappa shape index (κ3) is 3.93. The molecule has 0 saturated carbocycles. The molecule has 1 aliphatic rings. The Morgan fingerprint density at radius 2 is 1.77 bits per heavy atom. The minimum atomic E-state index is -0.715. The number of hydrogen-bond donors (Lipinski definition) is 0. The van der Waals surface area contributed by atoms with E-state index in [1.165, 1.54) is 19.2 Å².